The third-order valence-electron chi connectivity index (χ3n) is 5.63. The van der Waals surface area contributed by atoms with E-state index in [0.29, 0.717) is 17.7 Å². The highest BCUT2D eigenvalue weighted by Gasteiger charge is 2.44. The number of fused-ring (bicyclic) bond motifs is 4. The lowest BCUT2D eigenvalue weighted by molar-refractivity contribution is -0.116. The average molecular weight is 326 g/mol. The average Bonchev–Trinajstić information content (AvgIpc) is 2.61. The van der Waals surface area contributed by atoms with Gasteiger partial charge >= 0.3 is 0 Å². The summed E-state index contributed by atoms with van der Waals surface area (Å²) in [6, 6.07) is 6.33. The Hall–Kier alpha value is -2.30. The number of benzene rings is 1. The van der Waals surface area contributed by atoms with Crippen molar-refractivity contribution in [2.45, 2.75) is 38.6 Å². The number of ketones is 1. The van der Waals surface area contributed by atoms with E-state index in [2.05, 4.69) is 29.1 Å². The standard InChI is InChI=1S/C19H22N2O3/c1-11-18(20-23)17-15(4-3-5-16(17)22)21-9-8-12-10-13(24-2)6-7-14(12)19(11)21/h6-7,10-11,19,23H,3-5,8-9H2,1-2H3/b20-18-/t11-,19-/m1/s1. The Labute approximate surface area is 141 Å². The number of oxime groups is 1. The molecule has 2 aliphatic heterocycles. The van der Waals surface area contributed by atoms with Crippen molar-refractivity contribution in [3.63, 3.8) is 0 Å². The first-order valence-corrected chi connectivity index (χ1v) is 8.57. The summed E-state index contributed by atoms with van der Waals surface area (Å²) in [5.74, 6) is 0.965. The SMILES string of the molecule is COc1ccc2c(c1)CCN1C3=C(C(=O)CCC3)/C(=N\O)[C@@H](C)[C@H]21. The predicted molar refractivity (Wildman–Crippen MR) is 90.4 cm³/mol. The first kappa shape index (κ1) is 15.2. The van der Waals surface area contributed by atoms with E-state index >= 15 is 0 Å². The van der Waals surface area contributed by atoms with Crippen LogP contribution >= 0.6 is 0 Å². The zero-order valence-corrected chi connectivity index (χ0v) is 14.1. The molecular formula is C19H22N2O3. The molecule has 0 aromatic heterocycles. The summed E-state index contributed by atoms with van der Waals surface area (Å²) < 4.78 is 5.35. The number of nitrogens with zero attached hydrogens (tertiary/aromatic N) is 2. The van der Waals surface area contributed by atoms with E-state index in [-0.39, 0.29) is 17.7 Å². The van der Waals surface area contributed by atoms with Gasteiger partial charge in [0.1, 0.15) is 5.75 Å². The maximum absolute atomic E-state index is 12.5. The largest absolute Gasteiger partial charge is 0.497 e. The minimum Gasteiger partial charge on any atom is -0.497 e. The van der Waals surface area contributed by atoms with Crippen molar-refractivity contribution >= 4 is 11.5 Å². The smallest absolute Gasteiger partial charge is 0.166 e. The van der Waals surface area contributed by atoms with Crippen molar-refractivity contribution in [2.24, 2.45) is 11.1 Å². The second kappa shape index (κ2) is 5.65. The van der Waals surface area contributed by atoms with Crippen molar-refractivity contribution in [2.75, 3.05) is 13.7 Å². The summed E-state index contributed by atoms with van der Waals surface area (Å²) in [5.41, 5.74) is 4.83. The molecule has 0 fully saturated rings. The summed E-state index contributed by atoms with van der Waals surface area (Å²) in [5, 5.41) is 13.1. The quantitative estimate of drug-likeness (QED) is 0.636. The number of ether oxygens (including phenoxy) is 1. The fraction of sp³-hybridized carbons (Fsp3) is 0.474. The first-order chi connectivity index (χ1) is 11.7. The van der Waals surface area contributed by atoms with E-state index < -0.39 is 0 Å². The van der Waals surface area contributed by atoms with Crippen molar-refractivity contribution in [1.82, 2.24) is 4.90 Å². The summed E-state index contributed by atoms with van der Waals surface area (Å²) in [7, 11) is 1.68. The fourth-order valence-corrected chi connectivity index (χ4v) is 4.53. The lowest BCUT2D eigenvalue weighted by Crippen LogP contribution is -2.47. The molecule has 2 atom stereocenters. The van der Waals surface area contributed by atoms with Gasteiger partial charge in [0, 0.05) is 24.6 Å². The second-order valence-corrected chi connectivity index (χ2v) is 6.83. The van der Waals surface area contributed by atoms with E-state index in [9.17, 15) is 10.0 Å². The van der Waals surface area contributed by atoms with E-state index in [4.69, 9.17) is 4.74 Å². The number of Topliss-reactive ketones (excluding diaryl/α,β-unsaturated/α-hetero) is 1. The van der Waals surface area contributed by atoms with Crippen LogP contribution in [-0.2, 0) is 11.2 Å². The van der Waals surface area contributed by atoms with Gasteiger partial charge in [0.2, 0.25) is 0 Å². The van der Waals surface area contributed by atoms with E-state index in [0.717, 1.165) is 37.3 Å². The van der Waals surface area contributed by atoms with E-state index in [1.54, 1.807) is 7.11 Å². The number of carbonyl (C=O) groups excluding carboxylic acids is 1. The molecule has 0 radical (unpaired) electrons. The van der Waals surface area contributed by atoms with Crippen molar-refractivity contribution in [3.8, 4) is 5.75 Å². The van der Waals surface area contributed by atoms with Crippen LogP contribution in [0.15, 0.2) is 34.6 Å². The van der Waals surface area contributed by atoms with E-state index in [1.165, 1.54) is 11.1 Å². The Morgan fingerprint density at radius 2 is 2.12 bits per heavy atom. The molecule has 4 rings (SSSR count). The zero-order chi connectivity index (χ0) is 16.8. The highest BCUT2D eigenvalue weighted by atomic mass is 16.5. The van der Waals surface area contributed by atoms with Crippen LogP contribution in [0.3, 0.4) is 0 Å². The van der Waals surface area contributed by atoms with Crippen LogP contribution in [-0.4, -0.2) is 35.3 Å². The van der Waals surface area contributed by atoms with Crippen LogP contribution in [0, 0.1) is 5.92 Å². The molecule has 126 valence electrons. The third kappa shape index (κ3) is 2.07. The van der Waals surface area contributed by atoms with Crippen LogP contribution in [0.25, 0.3) is 0 Å². The third-order valence-corrected chi connectivity index (χ3v) is 5.63. The Bertz CT molecular complexity index is 766. The summed E-state index contributed by atoms with van der Waals surface area (Å²) in [6.07, 6.45) is 3.25. The van der Waals surface area contributed by atoms with Crippen LogP contribution in [0.5, 0.6) is 5.75 Å². The van der Waals surface area contributed by atoms with Gasteiger partial charge in [-0.3, -0.25) is 4.79 Å². The van der Waals surface area contributed by atoms with Gasteiger partial charge in [0.25, 0.3) is 0 Å². The molecule has 1 N–H and O–H groups in total. The molecule has 0 saturated carbocycles. The van der Waals surface area contributed by atoms with Gasteiger partial charge in [0.05, 0.1) is 24.4 Å². The normalized spacial score (nSPS) is 27.7. The maximum atomic E-state index is 12.5. The minimum absolute atomic E-state index is 0.0248. The second-order valence-electron chi connectivity index (χ2n) is 6.83. The molecule has 24 heavy (non-hydrogen) atoms. The fourth-order valence-electron chi connectivity index (χ4n) is 4.53. The molecule has 1 aliphatic carbocycles. The molecule has 2 heterocycles. The predicted octanol–water partition coefficient (Wildman–Crippen LogP) is 3.08. The van der Waals surface area contributed by atoms with Gasteiger partial charge in [0.15, 0.2) is 5.78 Å². The monoisotopic (exact) mass is 326 g/mol. The number of carbonyl (C=O) groups is 1. The molecule has 1 aromatic carbocycles. The van der Waals surface area contributed by atoms with Crippen molar-refractivity contribution in [3.05, 3.63) is 40.6 Å². The molecule has 3 aliphatic rings. The van der Waals surface area contributed by atoms with Crippen LogP contribution in [0.1, 0.15) is 43.4 Å². The number of methoxy groups -OCH3 is 1. The Morgan fingerprint density at radius 1 is 1.29 bits per heavy atom. The van der Waals surface area contributed by atoms with Crippen LogP contribution < -0.4 is 4.74 Å². The zero-order valence-electron chi connectivity index (χ0n) is 14.1. The van der Waals surface area contributed by atoms with Gasteiger partial charge in [-0.2, -0.15) is 0 Å². The lowest BCUT2D eigenvalue weighted by Gasteiger charge is -2.48. The highest BCUT2D eigenvalue weighted by Crippen LogP contribution is 2.46. The molecule has 5 heteroatoms. The summed E-state index contributed by atoms with van der Waals surface area (Å²) >= 11 is 0. The molecule has 0 spiro atoms. The number of allylic oxidation sites excluding steroid dienone is 2. The van der Waals surface area contributed by atoms with Crippen LogP contribution in [0.2, 0.25) is 0 Å². The number of hydrogen-bond donors (Lipinski definition) is 1. The Morgan fingerprint density at radius 3 is 2.88 bits per heavy atom. The molecule has 5 nitrogen and oxygen atoms in total. The molecular weight excluding hydrogens is 304 g/mol. The first-order valence-electron chi connectivity index (χ1n) is 8.57. The number of hydrogen-bond acceptors (Lipinski definition) is 5. The summed E-state index contributed by atoms with van der Waals surface area (Å²) in [6.45, 7) is 2.94. The van der Waals surface area contributed by atoms with Crippen LogP contribution in [0.4, 0.5) is 0 Å². The van der Waals surface area contributed by atoms with Gasteiger partial charge in [-0.1, -0.05) is 18.1 Å². The van der Waals surface area contributed by atoms with Gasteiger partial charge in [-0.05, 0) is 42.5 Å². The maximum Gasteiger partial charge on any atom is 0.166 e. The molecule has 0 amide bonds. The number of rotatable bonds is 1. The van der Waals surface area contributed by atoms with Gasteiger partial charge in [-0.15, -0.1) is 0 Å². The van der Waals surface area contributed by atoms with Gasteiger partial charge in [-0.25, -0.2) is 0 Å². The Kier molecular flexibility index (Phi) is 3.59. The molecule has 0 saturated heterocycles. The molecule has 0 unspecified atom stereocenters. The Balaban J connectivity index is 1.86. The van der Waals surface area contributed by atoms with Gasteiger partial charge < -0.3 is 14.8 Å². The molecule has 1 aromatic rings. The lowest BCUT2D eigenvalue weighted by atomic mass is 9.74. The topological polar surface area (TPSA) is 62.1 Å². The van der Waals surface area contributed by atoms with Crippen molar-refractivity contribution in [1.29, 1.82) is 0 Å². The van der Waals surface area contributed by atoms with Crippen molar-refractivity contribution < 1.29 is 14.7 Å². The minimum atomic E-state index is -0.0248. The van der Waals surface area contributed by atoms with E-state index in [1.807, 2.05) is 6.07 Å². The molecule has 0 bridgehead atoms. The summed E-state index contributed by atoms with van der Waals surface area (Å²) in [4.78, 5) is 14.8. The highest BCUT2D eigenvalue weighted by molar-refractivity contribution is 6.24.